The molecule has 1 atom stereocenters. The molecule has 1 N–H and O–H groups in total. The van der Waals surface area contributed by atoms with Crippen LogP contribution >= 0.6 is 22.9 Å². The van der Waals surface area contributed by atoms with E-state index in [1.807, 2.05) is 20.8 Å². The van der Waals surface area contributed by atoms with Crippen LogP contribution in [-0.2, 0) is 0 Å². The van der Waals surface area contributed by atoms with Crippen LogP contribution in [0.25, 0.3) is 0 Å². The van der Waals surface area contributed by atoms with Crippen molar-refractivity contribution >= 4 is 34.4 Å². The first-order valence-corrected chi connectivity index (χ1v) is 7.38. The van der Waals surface area contributed by atoms with Gasteiger partial charge in [0.1, 0.15) is 5.69 Å². The molecule has 0 amide bonds. The molecule has 2 aromatic heterocycles. The van der Waals surface area contributed by atoms with E-state index in [9.17, 15) is 10.1 Å². The molecule has 112 valence electrons. The van der Waals surface area contributed by atoms with Gasteiger partial charge in [-0.2, -0.15) is 4.98 Å². The monoisotopic (exact) mass is 327 g/mol. The molecule has 0 aliphatic carbocycles. The number of hydrogen-bond donors (Lipinski definition) is 1. The van der Waals surface area contributed by atoms with E-state index in [1.54, 1.807) is 11.3 Å². The molecule has 0 saturated heterocycles. The van der Waals surface area contributed by atoms with Crippen molar-refractivity contribution in [2.24, 2.45) is 0 Å². The molecule has 0 aliphatic rings. The van der Waals surface area contributed by atoms with E-state index in [0.29, 0.717) is 0 Å². The Morgan fingerprint density at radius 3 is 2.43 bits per heavy atom. The summed E-state index contributed by atoms with van der Waals surface area (Å²) in [6.45, 7) is 7.25. The van der Waals surface area contributed by atoms with Gasteiger partial charge in [0.25, 0.3) is 0 Å². The van der Waals surface area contributed by atoms with Crippen LogP contribution in [0, 0.1) is 30.9 Å². The summed E-state index contributed by atoms with van der Waals surface area (Å²) in [6.07, 6.45) is 0. The maximum Gasteiger partial charge on any atom is 0.332 e. The average molecular weight is 328 g/mol. The Morgan fingerprint density at radius 2 is 1.90 bits per heavy atom. The highest BCUT2D eigenvalue weighted by molar-refractivity contribution is 7.11. The molecular weight excluding hydrogens is 314 g/mol. The molecule has 2 heterocycles. The third kappa shape index (κ3) is 3.27. The van der Waals surface area contributed by atoms with E-state index >= 15 is 0 Å². The largest absolute Gasteiger partial charge is 0.357 e. The van der Waals surface area contributed by atoms with Crippen LogP contribution in [0.4, 0.5) is 11.5 Å². The van der Waals surface area contributed by atoms with Crippen molar-refractivity contribution < 1.29 is 4.92 Å². The van der Waals surface area contributed by atoms with Crippen molar-refractivity contribution in [3.63, 3.8) is 0 Å². The second-order valence-electron chi connectivity index (χ2n) is 4.58. The average Bonchev–Trinajstić information content (AvgIpc) is 2.66. The predicted molar refractivity (Wildman–Crippen MR) is 82.1 cm³/mol. The van der Waals surface area contributed by atoms with Crippen LogP contribution in [0.1, 0.15) is 34.2 Å². The van der Waals surface area contributed by atoms with Crippen molar-refractivity contribution in [2.45, 2.75) is 33.7 Å². The van der Waals surface area contributed by atoms with Gasteiger partial charge < -0.3 is 5.32 Å². The summed E-state index contributed by atoms with van der Waals surface area (Å²) >= 11 is 7.34. The third-order valence-electron chi connectivity index (χ3n) is 2.90. The van der Waals surface area contributed by atoms with Gasteiger partial charge in [0.2, 0.25) is 11.1 Å². The molecule has 0 aliphatic heterocycles. The van der Waals surface area contributed by atoms with Crippen LogP contribution in [0.3, 0.4) is 0 Å². The van der Waals surface area contributed by atoms with Gasteiger partial charge in [-0.15, -0.1) is 11.3 Å². The first kappa shape index (κ1) is 15.6. The molecule has 0 radical (unpaired) electrons. The number of rotatable bonds is 4. The Hall–Kier alpha value is -1.80. The highest BCUT2D eigenvalue weighted by Gasteiger charge is 2.24. The van der Waals surface area contributed by atoms with E-state index < -0.39 is 4.92 Å². The lowest BCUT2D eigenvalue weighted by molar-refractivity contribution is -0.385. The molecule has 9 heteroatoms. The summed E-state index contributed by atoms with van der Waals surface area (Å²) in [5, 5.41) is 15.1. The fourth-order valence-electron chi connectivity index (χ4n) is 2.07. The van der Waals surface area contributed by atoms with Crippen molar-refractivity contribution in [1.82, 2.24) is 15.0 Å². The smallest absolute Gasteiger partial charge is 0.332 e. The summed E-state index contributed by atoms with van der Waals surface area (Å²) in [6, 6.07) is -0.166. The number of aryl methyl sites for hydroxylation is 3. The van der Waals surface area contributed by atoms with Gasteiger partial charge in [-0.05, 0) is 39.3 Å². The van der Waals surface area contributed by atoms with Crippen molar-refractivity contribution in [3.8, 4) is 0 Å². The number of nitro groups is 1. The summed E-state index contributed by atoms with van der Waals surface area (Å²) in [4.78, 5) is 23.8. The minimum Gasteiger partial charge on any atom is -0.357 e. The Kier molecular flexibility index (Phi) is 4.38. The first-order chi connectivity index (χ1) is 9.79. The molecule has 0 aromatic carbocycles. The maximum absolute atomic E-state index is 11.2. The van der Waals surface area contributed by atoms with Gasteiger partial charge in [0, 0.05) is 4.88 Å². The zero-order valence-electron chi connectivity index (χ0n) is 12.0. The fourth-order valence-corrected chi connectivity index (χ4v) is 3.21. The standard InChI is InChI=1S/C12H14ClN5O2S/c1-5-9(18(19)20)11(17-12(13)16-5)15-7(3)10-6(2)14-8(4)21-10/h7H,1-4H3,(H,15,16,17). The second kappa shape index (κ2) is 5.90. The van der Waals surface area contributed by atoms with Crippen molar-refractivity contribution in [1.29, 1.82) is 0 Å². The van der Waals surface area contributed by atoms with E-state index in [0.717, 1.165) is 15.6 Å². The third-order valence-corrected chi connectivity index (χ3v) is 4.32. The highest BCUT2D eigenvalue weighted by Crippen LogP contribution is 2.32. The molecule has 0 saturated carbocycles. The number of hydrogen-bond acceptors (Lipinski definition) is 7. The molecule has 2 aromatic rings. The SMILES string of the molecule is Cc1nc(C)c(C(C)Nc2nc(Cl)nc(C)c2[N+](=O)[O-])s1. The van der Waals surface area contributed by atoms with Gasteiger partial charge in [-0.1, -0.05) is 0 Å². The first-order valence-electron chi connectivity index (χ1n) is 6.18. The number of nitrogens with zero attached hydrogens (tertiary/aromatic N) is 4. The molecule has 7 nitrogen and oxygen atoms in total. The topological polar surface area (TPSA) is 93.8 Å². The summed E-state index contributed by atoms with van der Waals surface area (Å²) in [5.74, 6) is 0.121. The van der Waals surface area contributed by atoms with E-state index in [1.165, 1.54) is 6.92 Å². The number of anilines is 1. The fraction of sp³-hybridized carbons (Fsp3) is 0.417. The van der Waals surface area contributed by atoms with Crippen LogP contribution in [0.2, 0.25) is 5.28 Å². The van der Waals surface area contributed by atoms with Gasteiger partial charge in [0.15, 0.2) is 0 Å². The number of aromatic nitrogens is 3. The normalized spacial score (nSPS) is 12.2. The maximum atomic E-state index is 11.2. The molecule has 0 fully saturated rings. The molecule has 2 rings (SSSR count). The minimum atomic E-state index is -0.508. The quantitative estimate of drug-likeness (QED) is 0.524. The van der Waals surface area contributed by atoms with Crippen LogP contribution < -0.4 is 5.32 Å². The molecular formula is C12H14ClN5O2S. The Morgan fingerprint density at radius 1 is 1.24 bits per heavy atom. The molecule has 0 bridgehead atoms. The van der Waals surface area contributed by atoms with Gasteiger partial charge in [-0.25, -0.2) is 9.97 Å². The van der Waals surface area contributed by atoms with Crippen LogP contribution in [0.15, 0.2) is 0 Å². The van der Waals surface area contributed by atoms with E-state index in [2.05, 4.69) is 20.3 Å². The van der Waals surface area contributed by atoms with Gasteiger partial charge in [0.05, 0.1) is 21.7 Å². The van der Waals surface area contributed by atoms with Crippen LogP contribution in [0.5, 0.6) is 0 Å². The Labute approximate surface area is 130 Å². The minimum absolute atomic E-state index is 0.0231. The Bertz CT molecular complexity index is 703. The summed E-state index contributed by atoms with van der Waals surface area (Å²) < 4.78 is 0. The van der Waals surface area contributed by atoms with Gasteiger partial charge >= 0.3 is 5.69 Å². The predicted octanol–water partition coefficient (Wildman–Crippen LogP) is 3.59. The number of halogens is 1. The lowest BCUT2D eigenvalue weighted by Gasteiger charge is -2.14. The zero-order chi connectivity index (χ0) is 15.7. The summed E-state index contributed by atoms with van der Waals surface area (Å²) in [7, 11) is 0. The van der Waals surface area contributed by atoms with Crippen LogP contribution in [-0.4, -0.2) is 19.9 Å². The lowest BCUT2D eigenvalue weighted by atomic mass is 10.2. The zero-order valence-corrected chi connectivity index (χ0v) is 13.5. The molecule has 1 unspecified atom stereocenters. The van der Waals surface area contributed by atoms with Crippen molar-refractivity contribution in [3.05, 3.63) is 36.7 Å². The highest BCUT2D eigenvalue weighted by atomic mass is 35.5. The van der Waals surface area contributed by atoms with Gasteiger partial charge in [-0.3, -0.25) is 10.1 Å². The van der Waals surface area contributed by atoms with Crippen molar-refractivity contribution in [2.75, 3.05) is 5.32 Å². The number of thiazole rings is 1. The molecule has 0 spiro atoms. The Balaban J connectivity index is 2.39. The summed E-state index contributed by atoms with van der Waals surface area (Å²) in [5.41, 5.74) is 0.967. The second-order valence-corrected chi connectivity index (χ2v) is 6.15. The molecule has 21 heavy (non-hydrogen) atoms. The lowest BCUT2D eigenvalue weighted by Crippen LogP contribution is -2.11. The van der Waals surface area contributed by atoms with E-state index in [4.69, 9.17) is 11.6 Å². The van der Waals surface area contributed by atoms with E-state index in [-0.39, 0.29) is 28.5 Å². The number of nitrogens with one attached hydrogen (secondary N) is 1.